The van der Waals surface area contributed by atoms with Crippen molar-refractivity contribution >= 4 is 5.78 Å². The molecule has 0 aliphatic carbocycles. The second-order valence-electron chi connectivity index (χ2n) is 7.96. The first-order chi connectivity index (χ1) is 15.7. The normalized spacial score (nSPS) is 19.1. The third-order valence-electron chi connectivity index (χ3n) is 5.89. The molecule has 2 aromatic rings. The molecule has 1 saturated heterocycles. The van der Waals surface area contributed by atoms with Gasteiger partial charge in [-0.25, -0.2) is 4.39 Å². The third kappa shape index (κ3) is 4.63. The maximum absolute atomic E-state index is 14.1. The van der Waals surface area contributed by atoms with E-state index in [0.29, 0.717) is 17.7 Å². The van der Waals surface area contributed by atoms with Crippen LogP contribution in [0.5, 0.6) is 17.2 Å². The number of hydrogen-bond donors (Lipinski definition) is 1. The molecule has 1 atom stereocenters. The lowest BCUT2D eigenvalue weighted by molar-refractivity contribution is -0.139. The Morgan fingerprint density at radius 3 is 2.52 bits per heavy atom. The number of nitrogens with one attached hydrogen (secondary N) is 1. The Balaban J connectivity index is 1.75. The smallest absolute Gasteiger partial charge is 0.420 e. The highest BCUT2D eigenvalue weighted by molar-refractivity contribution is 6.02. The number of carbonyl (C=O) groups excluding carboxylic acids is 1. The number of hydrogen-bond acceptors (Lipinski definition) is 6. The SMILES string of the molecule is COc1cc2c(c(C(F)(F)F)c1OC)C(=O)CC(c1ccc(F)cc1CN1CCNCC1)O2. The van der Waals surface area contributed by atoms with Crippen LogP contribution in [0.2, 0.25) is 0 Å². The van der Waals surface area contributed by atoms with Crippen LogP contribution in [0.25, 0.3) is 0 Å². The Hall–Kier alpha value is -2.85. The van der Waals surface area contributed by atoms with Gasteiger partial charge in [-0.1, -0.05) is 6.07 Å². The summed E-state index contributed by atoms with van der Waals surface area (Å²) in [5.41, 5.74) is -0.600. The summed E-state index contributed by atoms with van der Waals surface area (Å²) in [4.78, 5) is 15.1. The second kappa shape index (κ2) is 9.18. The summed E-state index contributed by atoms with van der Waals surface area (Å²) in [6.45, 7) is 3.59. The molecule has 0 spiro atoms. The van der Waals surface area contributed by atoms with Gasteiger partial charge in [0.15, 0.2) is 17.3 Å². The number of benzene rings is 2. The van der Waals surface area contributed by atoms with E-state index in [0.717, 1.165) is 33.3 Å². The first kappa shape index (κ1) is 23.3. The van der Waals surface area contributed by atoms with Gasteiger partial charge in [-0.3, -0.25) is 9.69 Å². The van der Waals surface area contributed by atoms with Crippen LogP contribution in [0.1, 0.15) is 39.6 Å². The first-order valence-corrected chi connectivity index (χ1v) is 10.5. The molecule has 1 fully saturated rings. The van der Waals surface area contributed by atoms with E-state index in [1.165, 1.54) is 31.4 Å². The lowest BCUT2D eigenvalue weighted by Crippen LogP contribution is -2.43. The molecule has 0 saturated carbocycles. The Kier molecular flexibility index (Phi) is 6.49. The highest BCUT2D eigenvalue weighted by atomic mass is 19.4. The van der Waals surface area contributed by atoms with Gasteiger partial charge in [-0.15, -0.1) is 0 Å². The maximum Gasteiger partial charge on any atom is 0.420 e. The molecule has 1 N–H and O–H groups in total. The molecule has 6 nitrogen and oxygen atoms in total. The average molecular weight is 468 g/mol. The minimum Gasteiger partial charge on any atom is -0.493 e. The second-order valence-corrected chi connectivity index (χ2v) is 7.96. The number of nitrogens with zero attached hydrogens (tertiary/aromatic N) is 1. The summed E-state index contributed by atoms with van der Waals surface area (Å²) in [6.07, 6.45) is -6.03. The molecule has 0 aromatic heterocycles. The van der Waals surface area contributed by atoms with Crippen molar-refractivity contribution in [1.29, 1.82) is 0 Å². The van der Waals surface area contributed by atoms with Gasteiger partial charge < -0.3 is 19.5 Å². The molecular weight excluding hydrogens is 444 g/mol. The van der Waals surface area contributed by atoms with E-state index < -0.39 is 40.8 Å². The predicted molar refractivity (Wildman–Crippen MR) is 111 cm³/mol. The van der Waals surface area contributed by atoms with Crippen molar-refractivity contribution in [3.63, 3.8) is 0 Å². The zero-order chi connectivity index (χ0) is 23.8. The third-order valence-corrected chi connectivity index (χ3v) is 5.89. The van der Waals surface area contributed by atoms with Crippen LogP contribution < -0.4 is 19.5 Å². The van der Waals surface area contributed by atoms with Crippen LogP contribution in [-0.2, 0) is 12.7 Å². The summed E-state index contributed by atoms with van der Waals surface area (Å²) in [5, 5.41) is 3.25. The van der Waals surface area contributed by atoms with Gasteiger partial charge in [0.25, 0.3) is 0 Å². The lowest BCUT2D eigenvalue weighted by atomic mass is 9.90. The molecule has 178 valence electrons. The van der Waals surface area contributed by atoms with E-state index >= 15 is 0 Å². The standard InChI is InChI=1S/C23H24F4N2O4/c1-31-19-11-18-20(21(22(19)32-2)23(25,26)27)16(30)10-17(33-18)15-4-3-14(24)9-13(15)12-29-7-5-28-6-8-29/h3-4,9,11,17,28H,5-8,10,12H2,1-2H3. The minimum atomic E-state index is -4.86. The zero-order valence-corrected chi connectivity index (χ0v) is 18.2. The van der Waals surface area contributed by atoms with Crippen molar-refractivity contribution < 1.29 is 36.6 Å². The largest absolute Gasteiger partial charge is 0.493 e. The highest BCUT2D eigenvalue weighted by Crippen LogP contribution is 2.50. The molecule has 2 heterocycles. The molecule has 0 amide bonds. The quantitative estimate of drug-likeness (QED) is 0.671. The number of piperazine rings is 1. The van der Waals surface area contributed by atoms with E-state index in [9.17, 15) is 22.4 Å². The number of alkyl halides is 3. The number of ketones is 1. The molecule has 4 rings (SSSR count). The average Bonchev–Trinajstić information content (AvgIpc) is 2.77. The fourth-order valence-electron chi connectivity index (χ4n) is 4.39. The number of ether oxygens (including phenoxy) is 3. The molecule has 33 heavy (non-hydrogen) atoms. The molecule has 2 aromatic carbocycles. The summed E-state index contributed by atoms with van der Waals surface area (Å²) in [6, 6.07) is 5.40. The van der Waals surface area contributed by atoms with Crippen LogP contribution in [0.15, 0.2) is 24.3 Å². The molecule has 0 radical (unpaired) electrons. The first-order valence-electron chi connectivity index (χ1n) is 10.5. The van der Waals surface area contributed by atoms with Crippen LogP contribution in [0.3, 0.4) is 0 Å². The van der Waals surface area contributed by atoms with Crippen molar-refractivity contribution in [2.24, 2.45) is 0 Å². The van der Waals surface area contributed by atoms with Crippen LogP contribution in [-0.4, -0.2) is 51.1 Å². The van der Waals surface area contributed by atoms with E-state index in [1.807, 2.05) is 0 Å². The van der Waals surface area contributed by atoms with Gasteiger partial charge in [-0.2, -0.15) is 13.2 Å². The van der Waals surface area contributed by atoms with Gasteiger partial charge in [0.1, 0.15) is 23.2 Å². The van der Waals surface area contributed by atoms with Gasteiger partial charge in [0, 0.05) is 38.8 Å². The molecule has 10 heteroatoms. The number of rotatable bonds is 5. The number of halogens is 4. The molecule has 2 aliphatic rings. The fraction of sp³-hybridized carbons (Fsp3) is 0.435. The topological polar surface area (TPSA) is 60.0 Å². The van der Waals surface area contributed by atoms with E-state index in [4.69, 9.17) is 14.2 Å². The number of methoxy groups -OCH3 is 2. The van der Waals surface area contributed by atoms with Crippen LogP contribution >= 0.6 is 0 Å². The molecule has 0 bridgehead atoms. The summed E-state index contributed by atoms with van der Waals surface area (Å²) >= 11 is 0. The molecule has 2 aliphatic heterocycles. The Morgan fingerprint density at radius 1 is 1.15 bits per heavy atom. The van der Waals surface area contributed by atoms with Crippen molar-refractivity contribution in [2.45, 2.75) is 25.2 Å². The fourth-order valence-corrected chi connectivity index (χ4v) is 4.39. The maximum atomic E-state index is 14.1. The Morgan fingerprint density at radius 2 is 1.88 bits per heavy atom. The van der Waals surface area contributed by atoms with Crippen molar-refractivity contribution in [2.75, 3.05) is 40.4 Å². The van der Waals surface area contributed by atoms with Gasteiger partial charge in [-0.05, 0) is 23.3 Å². The van der Waals surface area contributed by atoms with E-state index in [1.54, 1.807) is 0 Å². The van der Waals surface area contributed by atoms with Crippen LogP contribution in [0.4, 0.5) is 17.6 Å². The Labute approximate surface area is 188 Å². The number of carbonyl (C=O) groups is 1. The highest BCUT2D eigenvalue weighted by Gasteiger charge is 2.45. The zero-order valence-electron chi connectivity index (χ0n) is 18.2. The predicted octanol–water partition coefficient (Wildman–Crippen LogP) is 3.97. The monoisotopic (exact) mass is 468 g/mol. The minimum absolute atomic E-state index is 0.197. The van der Waals surface area contributed by atoms with Crippen LogP contribution in [0, 0.1) is 5.82 Å². The van der Waals surface area contributed by atoms with E-state index in [2.05, 4.69) is 10.2 Å². The Bertz CT molecular complexity index is 1050. The summed E-state index contributed by atoms with van der Waals surface area (Å²) in [7, 11) is 2.29. The lowest BCUT2D eigenvalue weighted by Gasteiger charge is -2.32. The molecule has 1 unspecified atom stereocenters. The van der Waals surface area contributed by atoms with Crippen molar-refractivity contribution in [3.8, 4) is 17.2 Å². The summed E-state index contributed by atoms with van der Waals surface area (Å²) < 4.78 is 71.7. The summed E-state index contributed by atoms with van der Waals surface area (Å²) in [5.74, 6) is -2.17. The van der Waals surface area contributed by atoms with Gasteiger partial charge in [0.2, 0.25) is 0 Å². The van der Waals surface area contributed by atoms with Gasteiger partial charge in [0.05, 0.1) is 26.2 Å². The number of fused-ring (bicyclic) bond motifs is 1. The number of Topliss-reactive ketones (excluding diaryl/α,β-unsaturated/α-hetero) is 1. The van der Waals surface area contributed by atoms with Crippen molar-refractivity contribution in [1.82, 2.24) is 10.2 Å². The molecular formula is C23H24F4N2O4. The van der Waals surface area contributed by atoms with E-state index in [-0.39, 0.29) is 17.9 Å². The van der Waals surface area contributed by atoms with Gasteiger partial charge >= 0.3 is 6.18 Å². The van der Waals surface area contributed by atoms with Crippen molar-refractivity contribution in [3.05, 3.63) is 52.3 Å².